The highest BCUT2D eigenvalue weighted by molar-refractivity contribution is 5.74. The van der Waals surface area contributed by atoms with Gasteiger partial charge in [-0.2, -0.15) is 0 Å². The first kappa shape index (κ1) is 17.4. The van der Waals surface area contributed by atoms with Gasteiger partial charge in [-0.15, -0.1) is 0 Å². The summed E-state index contributed by atoms with van der Waals surface area (Å²) < 4.78 is 31.3. The summed E-state index contributed by atoms with van der Waals surface area (Å²) in [7, 11) is 0. The predicted octanol–water partition coefficient (Wildman–Crippen LogP) is 3.14. The van der Waals surface area contributed by atoms with Crippen molar-refractivity contribution in [2.24, 2.45) is 0 Å². The summed E-state index contributed by atoms with van der Waals surface area (Å²) in [6, 6.07) is 2.81. The highest BCUT2D eigenvalue weighted by Gasteiger charge is 2.11. The van der Waals surface area contributed by atoms with Crippen molar-refractivity contribution in [3.05, 3.63) is 35.4 Å². The third-order valence-corrected chi connectivity index (χ3v) is 2.85. The highest BCUT2D eigenvalue weighted by Crippen LogP contribution is 2.15. The van der Waals surface area contributed by atoms with Crippen LogP contribution in [0.15, 0.2) is 18.2 Å². The third-order valence-electron chi connectivity index (χ3n) is 2.85. The third kappa shape index (κ3) is 6.53. The lowest BCUT2D eigenvalue weighted by Gasteiger charge is -2.15. The summed E-state index contributed by atoms with van der Waals surface area (Å²) in [5.41, 5.74) is 0.507. The molecule has 0 saturated carbocycles. The Morgan fingerprint density at radius 1 is 1.24 bits per heavy atom. The van der Waals surface area contributed by atoms with E-state index in [1.807, 2.05) is 13.8 Å². The molecule has 0 aliphatic heterocycles. The Hall–Kier alpha value is -1.69. The lowest BCUT2D eigenvalue weighted by Crippen LogP contribution is -2.37. The van der Waals surface area contributed by atoms with Crippen LogP contribution < -0.4 is 10.6 Å². The standard InChI is InChI=1S/C15H22F2N2O2/c1-10(2)21-8-4-7-18-15(20)19-11(3)12-5-6-13(16)14(17)9-12/h5-6,9-11H,4,7-8H2,1-3H3,(H2,18,19,20)/t11-/m0/s1. The first-order valence-electron chi connectivity index (χ1n) is 7.01. The second-order valence-electron chi connectivity index (χ2n) is 5.07. The van der Waals surface area contributed by atoms with Crippen LogP contribution in [-0.4, -0.2) is 25.3 Å². The number of carbonyl (C=O) groups excluding carboxylic acids is 1. The second kappa shape index (κ2) is 8.56. The van der Waals surface area contributed by atoms with Crippen molar-refractivity contribution < 1.29 is 18.3 Å². The van der Waals surface area contributed by atoms with Crippen LogP contribution in [0.1, 0.15) is 38.8 Å². The normalized spacial score (nSPS) is 12.3. The number of rotatable bonds is 7. The minimum atomic E-state index is -0.924. The quantitative estimate of drug-likeness (QED) is 0.760. The fourth-order valence-corrected chi connectivity index (χ4v) is 1.71. The average Bonchev–Trinajstić information content (AvgIpc) is 2.41. The van der Waals surface area contributed by atoms with E-state index in [0.29, 0.717) is 25.1 Å². The Labute approximate surface area is 123 Å². The number of nitrogens with one attached hydrogen (secondary N) is 2. The molecule has 0 aliphatic carbocycles. The minimum absolute atomic E-state index is 0.173. The molecule has 0 bridgehead atoms. The molecular formula is C15H22F2N2O2. The van der Waals surface area contributed by atoms with Crippen molar-refractivity contribution in [1.29, 1.82) is 0 Å². The molecule has 2 amide bonds. The molecule has 1 aromatic rings. The Morgan fingerprint density at radius 2 is 1.95 bits per heavy atom. The highest BCUT2D eigenvalue weighted by atomic mass is 19.2. The molecule has 0 aliphatic rings. The smallest absolute Gasteiger partial charge is 0.315 e. The van der Waals surface area contributed by atoms with Crippen molar-refractivity contribution >= 4 is 6.03 Å². The lowest BCUT2D eigenvalue weighted by atomic mass is 10.1. The van der Waals surface area contributed by atoms with Gasteiger partial charge in [-0.25, -0.2) is 13.6 Å². The number of amides is 2. The van der Waals surface area contributed by atoms with Crippen molar-refractivity contribution in [1.82, 2.24) is 10.6 Å². The van der Waals surface area contributed by atoms with Gasteiger partial charge in [0.25, 0.3) is 0 Å². The molecule has 1 atom stereocenters. The van der Waals surface area contributed by atoms with Gasteiger partial charge in [-0.05, 0) is 44.9 Å². The van der Waals surface area contributed by atoms with Gasteiger partial charge in [0.1, 0.15) is 0 Å². The van der Waals surface area contributed by atoms with Crippen LogP contribution in [0.3, 0.4) is 0 Å². The number of carbonyl (C=O) groups is 1. The molecule has 4 nitrogen and oxygen atoms in total. The molecule has 0 saturated heterocycles. The molecule has 1 aromatic carbocycles. The Kier molecular flexibility index (Phi) is 7.08. The predicted molar refractivity (Wildman–Crippen MR) is 77.0 cm³/mol. The van der Waals surface area contributed by atoms with Gasteiger partial charge in [0.15, 0.2) is 11.6 Å². The molecule has 0 heterocycles. The molecule has 0 spiro atoms. The Balaban J connectivity index is 2.31. The van der Waals surface area contributed by atoms with Crippen molar-refractivity contribution in [2.45, 2.75) is 39.3 Å². The van der Waals surface area contributed by atoms with E-state index in [9.17, 15) is 13.6 Å². The van der Waals surface area contributed by atoms with Crippen LogP contribution >= 0.6 is 0 Å². The summed E-state index contributed by atoms with van der Waals surface area (Å²) in [5.74, 6) is -1.83. The fourth-order valence-electron chi connectivity index (χ4n) is 1.71. The summed E-state index contributed by atoms with van der Waals surface area (Å²) >= 11 is 0. The van der Waals surface area contributed by atoms with Crippen LogP contribution in [0.4, 0.5) is 13.6 Å². The van der Waals surface area contributed by atoms with Gasteiger partial charge >= 0.3 is 6.03 Å². The minimum Gasteiger partial charge on any atom is -0.379 e. The summed E-state index contributed by atoms with van der Waals surface area (Å²) in [6.07, 6.45) is 0.887. The van der Waals surface area contributed by atoms with Gasteiger partial charge in [0.05, 0.1) is 12.1 Å². The van der Waals surface area contributed by atoms with Crippen LogP contribution in [-0.2, 0) is 4.74 Å². The van der Waals surface area contributed by atoms with Crippen molar-refractivity contribution in [2.75, 3.05) is 13.2 Å². The first-order valence-corrected chi connectivity index (χ1v) is 7.01. The number of ether oxygens (including phenoxy) is 1. The van der Waals surface area contributed by atoms with E-state index in [0.717, 1.165) is 12.1 Å². The Bertz CT molecular complexity index is 467. The van der Waals surface area contributed by atoms with Crippen LogP contribution in [0.25, 0.3) is 0 Å². The first-order chi connectivity index (χ1) is 9.90. The number of urea groups is 1. The molecule has 21 heavy (non-hydrogen) atoms. The zero-order valence-corrected chi connectivity index (χ0v) is 12.6. The maximum atomic E-state index is 13.1. The Morgan fingerprint density at radius 3 is 2.57 bits per heavy atom. The van der Waals surface area contributed by atoms with Crippen molar-refractivity contribution in [3.8, 4) is 0 Å². The summed E-state index contributed by atoms with van der Waals surface area (Å²) in [6.45, 7) is 6.67. The molecular weight excluding hydrogens is 278 g/mol. The van der Waals surface area contributed by atoms with Crippen LogP contribution in [0.2, 0.25) is 0 Å². The zero-order valence-electron chi connectivity index (χ0n) is 12.6. The van der Waals surface area contributed by atoms with E-state index < -0.39 is 17.7 Å². The van der Waals surface area contributed by atoms with Gasteiger partial charge in [0, 0.05) is 13.2 Å². The van der Waals surface area contributed by atoms with Gasteiger partial charge in [-0.3, -0.25) is 0 Å². The average molecular weight is 300 g/mol. The zero-order chi connectivity index (χ0) is 15.8. The van der Waals surface area contributed by atoms with E-state index in [2.05, 4.69) is 10.6 Å². The largest absolute Gasteiger partial charge is 0.379 e. The fraction of sp³-hybridized carbons (Fsp3) is 0.533. The number of halogens is 2. The number of benzene rings is 1. The molecule has 1 rings (SSSR count). The molecule has 0 radical (unpaired) electrons. The number of hydrogen-bond donors (Lipinski definition) is 2. The van der Waals surface area contributed by atoms with Gasteiger partial charge in [0.2, 0.25) is 0 Å². The molecule has 0 aromatic heterocycles. The van der Waals surface area contributed by atoms with E-state index in [4.69, 9.17) is 4.74 Å². The molecule has 118 valence electrons. The van der Waals surface area contributed by atoms with E-state index in [1.165, 1.54) is 6.07 Å². The van der Waals surface area contributed by atoms with Gasteiger partial charge < -0.3 is 15.4 Å². The molecule has 0 unspecified atom stereocenters. The molecule has 2 N–H and O–H groups in total. The maximum Gasteiger partial charge on any atom is 0.315 e. The number of hydrogen-bond acceptors (Lipinski definition) is 2. The van der Waals surface area contributed by atoms with Crippen LogP contribution in [0.5, 0.6) is 0 Å². The summed E-state index contributed by atoms with van der Waals surface area (Å²) in [4.78, 5) is 11.6. The van der Waals surface area contributed by atoms with Gasteiger partial charge in [-0.1, -0.05) is 6.07 Å². The topological polar surface area (TPSA) is 50.4 Å². The van der Waals surface area contributed by atoms with E-state index in [-0.39, 0.29) is 12.1 Å². The van der Waals surface area contributed by atoms with E-state index >= 15 is 0 Å². The molecule has 0 fully saturated rings. The monoisotopic (exact) mass is 300 g/mol. The lowest BCUT2D eigenvalue weighted by molar-refractivity contribution is 0.0774. The van der Waals surface area contributed by atoms with Crippen LogP contribution in [0, 0.1) is 11.6 Å². The maximum absolute atomic E-state index is 13.1. The SMILES string of the molecule is CC(C)OCCCNC(=O)N[C@@H](C)c1ccc(F)c(F)c1. The summed E-state index contributed by atoms with van der Waals surface area (Å²) in [5, 5.41) is 5.35. The second-order valence-corrected chi connectivity index (χ2v) is 5.07. The van der Waals surface area contributed by atoms with Crippen molar-refractivity contribution in [3.63, 3.8) is 0 Å². The molecule has 6 heteroatoms. The van der Waals surface area contributed by atoms with E-state index in [1.54, 1.807) is 6.92 Å².